The highest BCUT2D eigenvalue weighted by atomic mass is 16.2. The fourth-order valence-corrected chi connectivity index (χ4v) is 2.95. The second-order valence-corrected chi connectivity index (χ2v) is 4.89. The van der Waals surface area contributed by atoms with Gasteiger partial charge in [0.1, 0.15) is 0 Å². The highest BCUT2D eigenvalue weighted by molar-refractivity contribution is 6.07. The summed E-state index contributed by atoms with van der Waals surface area (Å²) in [5.41, 5.74) is 1.59. The summed E-state index contributed by atoms with van der Waals surface area (Å²) < 4.78 is 0. The Hall–Kier alpha value is -1.84. The van der Waals surface area contributed by atoms with Gasteiger partial charge in [-0.1, -0.05) is 18.2 Å². The van der Waals surface area contributed by atoms with E-state index in [0.29, 0.717) is 12.8 Å². The maximum atomic E-state index is 12.0. The van der Waals surface area contributed by atoms with Crippen LogP contribution in [-0.4, -0.2) is 17.9 Å². The van der Waals surface area contributed by atoms with E-state index in [1.54, 1.807) is 0 Å². The zero-order valence-corrected chi connectivity index (χ0v) is 9.62. The summed E-state index contributed by atoms with van der Waals surface area (Å²) in [6.45, 7) is 1.51. The third-order valence-corrected chi connectivity index (χ3v) is 3.72. The Morgan fingerprint density at radius 3 is 2.82 bits per heavy atom. The third kappa shape index (κ3) is 1.37. The number of carbonyl (C=O) groups excluding carboxylic acids is 2. The van der Waals surface area contributed by atoms with Crippen molar-refractivity contribution >= 4 is 17.5 Å². The van der Waals surface area contributed by atoms with E-state index in [0.717, 1.165) is 11.3 Å². The molecule has 1 heterocycles. The standard InChI is InChI=1S/C13H14N2O2/c1-8(16)14-9-6-13(7-9)10-4-2-3-5-11(10)15-12(13)17/h2-5,9H,6-7H2,1H3,(H,14,16)(H,15,17). The van der Waals surface area contributed by atoms with Gasteiger partial charge in [-0.2, -0.15) is 0 Å². The predicted molar refractivity (Wildman–Crippen MR) is 63.6 cm³/mol. The van der Waals surface area contributed by atoms with Gasteiger partial charge in [-0.3, -0.25) is 9.59 Å². The van der Waals surface area contributed by atoms with Gasteiger partial charge >= 0.3 is 0 Å². The first-order valence-corrected chi connectivity index (χ1v) is 5.80. The molecular formula is C13H14N2O2. The molecule has 1 spiro atoms. The van der Waals surface area contributed by atoms with Crippen molar-refractivity contribution in [2.75, 3.05) is 5.32 Å². The fourth-order valence-electron chi connectivity index (χ4n) is 2.95. The van der Waals surface area contributed by atoms with Crippen LogP contribution in [-0.2, 0) is 15.0 Å². The number of hydrogen-bond acceptors (Lipinski definition) is 2. The van der Waals surface area contributed by atoms with Crippen LogP contribution in [0.1, 0.15) is 25.3 Å². The van der Waals surface area contributed by atoms with Crippen molar-refractivity contribution in [3.05, 3.63) is 29.8 Å². The molecule has 0 atom stereocenters. The van der Waals surface area contributed by atoms with Crippen molar-refractivity contribution in [2.45, 2.75) is 31.2 Å². The van der Waals surface area contributed by atoms with E-state index < -0.39 is 5.41 Å². The maximum Gasteiger partial charge on any atom is 0.235 e. The van der Waals surface area contributed by atoms with Gasteiger partial charge in [-0.15, -0.1) is 0 Å². The minimum absolute atomic E-state index is 0.0310. The molecule has 1 aliphatic heterocycles. The summed E-state index contributed by atoms with van der Waals surface area (Å²) in [4.78, 5) is 23.0. The Bertz CT molecular complexity index is 504. The lowest BCUT2D eigenvalue weighted by Crippen LogP contribution is -2.55. The molecule has 1 aromatic carbocycles. The average Bonchev–Trinajstić information content (AvgIpc) is 2.51. The van der Waals surface area contributed by atoms with E-state index in [4.69, 9.17) is 0 Å². The van der Waals surface area contributed by atoms with Crippen LogP contribution in [0.2, 0.25) is 0 Å². The number of rotatable bonds is 1. The first-order valence-electron chi connectivity index (χ1n) is 5.80. The number of fused-ring (bicyclic) bond motifs is 2. The number of benzene rings is 1. The molecule has 88 valence electrons. The van der Waals surface area contributed by atoms with Gasteiger partial charge < -0.3 is 10.6 Å². The molecule has 0 radical (unpaired) electrons. The highest BCUT2D eigenvalue weighted by Crippen LogP contribution is 2.50. The van der Waals surface area contributed by atoms with Gasteiger partial charge in [0.15, 0.2) is 0 Å². The first kappa shape index (κ1) is 10.3. The Kier molecular flexibility index (Phi) is 2.02. The number of para-hydroxylation sites is 1. The summed E-state index contributed by atoms with van der Waals surface area (Å²) in [6, 6.07) is 7.92. The molecule has 0 saturated heterocycles. The molecule has 17 heavy (non-hydrogen) atoms. The number of carbonyl (C=O) groups is 2. The van der Waals surface area contributed by atoms with E-state index in [1.165, 1.54) is 6.92 Å². The number of nitrogens with one attached hydrogen (secondary N) is 2. The van der Waals surface area contributed by atoms with Crippen LogP contribution in [0.4, 0.5) is 5.69 Å². The molecule has 0 bridgehead atoms. The quantitative estimate of drug-likeness (QED) is 0.761. The molecule has 1 aliphatic carbocycles. The summed E-state index contributed by atoms with van der Waals surface area (Å²) in [7, 11) is 0. The SMILES string of the molecule is CC(=O)NC1CC2(C1)C(=O)Nc1ccccc12. The highest BCUT2D eigenvalue weighted by Gasteiger charge is 2.55. The van der Waals surface area contributed by atoms with E-state index in [-0.39, 0.29) is 17.9 Å². The van der Waals surface area contributed by atoms with Gasteiger partial charge in [-0.25, -0.2) is 0 Å². The summed E-state index contributed by atoms with van der Waals surface area (Å²) in [5.74, 6) is 0.0387. The molecule has 2 N–H and O–H groups in total. The molecule has 0 unspecified atom stereocenters. The Balaban J connectivity index is 1.86. The summed E-state index contributed by atoms with van der Waals surface area (Å²) in [6.07, 6.45) is 1.41. The molecule has 4 heteroatoms. The van der Waals surface area contributed by atoms with Crippen molar-refractivity contribution in [1.82, 2.24) is 5.32 Å². The van der Waals surface area contributed by atoms with Gasteiger partial charge in [0.2, 0.25) is 11.8 Å². The molecule has 4 nitrogen and oxygen atoms in total. The number of amides is 2. The van der Waals surface area contributed by atoms with E-state index in [2.05, 4.69) is 10.6 Å². The van der Waals surface area contributed by atoms with Gasteiger partial charge in [0, 0.05) is 18.7 Å². The van der Waals surface area contributed by atoms with Crippen molar-refractivity contribution < 1.29 is 9.59 Å². The van der Waals surface area contributed by atoms with Crippen LogP contribution in [0.5, 0.6) is 0 Å². The van der Waals surface area contributed by atoms with Crippen molar-refractivity contribution in [2.24, 2.45) is 0 Å². The maximum absolute atomic E-state index is 12.0. The molecule has 3 rings (SSSR count). The van der Waals surface area contributed by atoms with E-state index in [1.807, 2.05) is 24.3 Å². The third-order valence-electron chi connectivity index (χ3n) is 3.72. The zero-order chi connectivity index (χ0) is 12.0. The minimum Gasteiger partial charge on any atom is -0.354 e. The van der Waals surface area contributed by atoms with Crippen molar-refractivity contribution in [3.8, 4) is 0 Å². The van der Waals surface area contributed by atoms with Crippen LogP contribution in [0.25, 0.3) is 0 Å². The second kappa shape index (κ2) is 3.32. The summed E-state index contributed by atoms with van der Waals surface area (Å²) >= 11 is 0. The van der Waals surface area contributed by atoms with Crippen LogP contribution in [0.15, 0.2) is 24.3 Å². The lowest BCUT2D eigenvalue weighted by Gasteiger charge is -2.43. The Labute approximate surface area is 99.4 Å². The fraction of sp³-hybridized carbons (Fsp3) is 0.385. The lowest BCUT2D eigenvalue weighted by molar-refractivity contribution is -0.127. The normalized spacial score (nSPS) is 29.5. The average molecular weight is 230 g/mol. The van der Waals surface area contributed by atoms with Gasteiger partial charge in [0.05, 0.1) is 5.41 Å². The Morgan fingerprint density at radius 2 is 2.12 bits per heavy atom. The largest absolute Gasteiger partial charge is 0.354 e. The van der Waals surface area contributed by atoms with Gasteiger partial charge in [-0.05, 0) is 24.5 Å². The second-order valence-electron chi connectivity index (χ2n) is 4.89. The van der Waals surface area contributed by atoms with Crippen molar-refractivity contribution in [3.63, 3.8) is 0 Å². The smallest absolute Gasteiger partial charge is 0.235 e. The molecule has 1 aromatic rings. The van der Waals surface area contributed by atoms with Gasteiger partial charge in [0.25, 0.3) is 0 Å². The summed E-state index contributed by atoms with van der Waals surface area (Å²) in [5, 5.41) is 5.78. The van der Waals surface area contributed by atoms with Crippen LogP contribution >= 0.6 is 0 Å². The molecule has 0 aromatic heterocycles. The number of hydrogen-bond donors (Lipinski definition) is 2. The van der Waals surface area contributed by atoms with Crippen LogP contribution in [0.3, 0.4) is 0 Å². The van der Waals surface area contributed by atoms with Crippen LogP contribution in [0, 0.1) is 0 Å². The molecule has 2 amide bonds. The van der Waals surface area contributed by atoms with Crippen molar-refractivity contribution in [1.29, 1.82) is 0 Å². The molecule has 1 fully saturated rings. The molecule has 1 saturated carbocycles. The topological polar surface area (TPSA) is 58.2 Å². The molecule has 2 aliphatic rings. The Morgan fingerprint density at radius 1 is 1.41 bits per heavy atom. The monoisotopic (exact) mass is 230 g/mol. The van der Waals surface area contributed by atoms with E-state index >= 15 is 0 Å². The first-order chi connectivity index (χ1) is 8.12. The van der Waals surface area contributed by atoms with Crippen LogP contribution < -0.4 is 10.6 Å². The lowest BCUT2D eigenvalue weighted by atomic mass is 9.62. The minimum atomic E-state index is -0.399. The number of anilines is 1. The zero-order valence-electron chi connectivity index (χ0n) is 9.62. The molecular weight excluding hydrogens is 216 g/mol. The van der Waals surface area contributed by atoms with E-state index in [9.17, 15) is 9.59 Å². The predicted octanol–water partition coefficient (Wildman–Crippen LogP) is 1.18.